The smallest absolute Gasteiger partial charge is 0.338 e. The molecule has 0 radical (unpaired) electrons. The second kappa shape index (κ2) is 9.08. The van der Waals surface area contributed by atoms with Crippen molar-refractivity contribution >= 4 is 16.9 Å². The predicted molar refractivity (Wildman–Crippen MR) is 117 cm³/mol. The molecule has 0 unspecified atom stereocenters. The molecule has 1 fully saturated rings. The minimum absolute atomic E-state index is 0.276. The molecule has 0 amide bonds. The van der Waals surface area contributed by atoms with Crippen LogP contribution in [0.3, 0.4) is 0 Å². The zero-order valence-corrected chi connectivity index (χ0v) is 17.9. The van der Waals surface area contributed by atoms with Crippen LogP contribution in [0.5, 0.6) is 5.75 Å². The lowest BCUT2D eigenvalue weighted by Crippen LogP contribution is -2.09. The highest BCUT2D eigenvalue weighted by molar-refractivity contribution is 6.02. The number of fused-ring (bicyclic) bond motifs is 1. The summed E-state index contributed by atoms with van der Waals surface area (Å²) in [5, 5.41) is 0.773. The van der Waals surface area contributed by atoms with E-state index in [1.54, 1.807) is 29.7 Å². The molecule has 0 spiro atoms. The Hall–Kier alpha value is -2.89. The normalized spacial score (nSPS) is 13.7. The van der Waals surface area contributed by atoms with Gasteiger partial charge in [0.15, 0.2) is 0 Å². The predicted octanol–water partition coefficient (Wildman–Crippen LogP) is 6.10. The first kappa shape index (κ1) is 21.3. The van der Waals surface area contributed by atoms with Crippen LogP contribution in [0.1, 0.15) is 42.7 Å². The number of benzene rings is 2. The largest absolute Gasteiger partial charge is 0.493 e. The molecule has 1 aliphatic carbocycles. The lowest BCUT2D eigenvalue weighted by atomic mass is 9.99. The number of nitrogens with zero attached hydrogens (tertiary/aromatic N) is 1. The first-order valence-corrected chi connectivity index (χ1v) is 10.8. The SMILES string of the molecule is CCOC(=O)c1ccc2c(c1)c(-c1ccc(OCC3CC3)cc1)c(CC)n2CC(F)F. The lowest BCUT2D eigenvalue weighted by molar-refractivity contribution is 0.0526. The molecule has 2 aromatic carbocycles. The summed E-state index contributed by atoms with van der Waals surface area (Å²) in [4.78, 5) is 12.3. The molecule has 164 valence electrons. The molecule has 31 heavy (non-hydrogen) atoms. The van der Waals surface area contributed by atoms with Gasteiger partial charge in [-0.25, -0.2) is 13.6 Å². The van der Waals surface area contributed by atoms with Crippen molar-refractivity contribution in [1.29, 1.82) is 0 Å². The maximum absolute atomic E-state index is 13.4. The van der Waals surface area contributed by atoms with E-state index in [2.05, 4.69) is 0 Å². The van der Waals surface area contributed by atoms with Crippen LogP contribution < -0.4 is 4.74 Å². The van der Waals surface area contributed by atoms with Crippen molar-refractivity contribution in [2.75, 3.05) is 13.2 Å². The summed E-state index contributed by atoms with van der Waals surface area (Å²) in [5.41, 5.74) is 3.71. The fraction of sp³-hybridized carbons (Fsp3) is 0.400. The standard InChI is InChI=1S/C25H27F2NO3/c1-3-21-24(17-7-10-19(11-8-17)31-15-16-5-6-16)20-13-18(25(29)30-4-2)9-12-22(20)28(21)14-23(26)27/h7-13,16,23H,3-6,14-15H2,1-2H3. The molecular weight excluding hydrogens is 400 g/mol. The van der Waals surface area contributed by atoms with Crippen LogP contribution in [0.4, 0.5) is 8.78 Å². The summed E-state index contributed by atoms with van der Waals surface area (Å²) >= 11 is 0. The molecule has 1 aliphatic rings. The van der Waals surface area contributed by atoms with Crippen LogP contribution in [-0.2, 0) is 17.7 Å². The van der Waals surface area contributed by atoms with E-state index in [0.717, 1.165) is 34.6 Å². The third-order valence-corrected chi connectivity index (χ3v) is 5.66. The number of ether oxygens (including phenoxy) is 2. The van der Waals surface area contributed by atoms with Gasteiger partial charge in [0.25, 0.3) is 6.43 Å². The van der Waals surface area contributed by atoms with Crippen LogP contribution in [-0.4, -0.2) is 30.2 Å². The Balaban J connectivity index is 1.80. The molecule has 0 bridgehead atoms. The van der Waals surface area contributed by atoms with E-state index < -0.39 is 12.4 Å². The first-order valence-electron chi connectivity index (χ1n) is 10.8. The van der Waals surface area contributed by atoms with Crippen LogP contribution in [0, 0.1) is 5.92 Å². The average Bonchev–Trinajstić information content (AvgIpc) is 3.54. The van der Waals surface area contributed by atoms with Gasteiger partial charge in [0.05, 0.1) is 25.3 Å². The summed E-state index contributed by atoms with van der Waals surface area (Å²) in [6, 6.07) is 12.9. The summed E-state index contributed by atoms with van der Waals surface area (Å²) in [5.74, 6) is 1.05. The average molecular weight is 427 g/mol. The van der Waals surface area contributed by atoms with Gasteiger partial charge in [-0.05, 0) is 68.0 Å². The van der Waals surface area contributed by atoms with E-state index >= 15 is 0 Å². The molecule has 0 N–H and O–H groups in total. The molecule has 4 rings (SSSR count). The maximum atomic E-state index is 13.4. The van der Waals surface area contributed by atoms with Gasteiger partial charge in [0, 0.05) is 22.2 Å². The fourth-order valence-electron chi connectivity index (χ4n) is 4.00. The summed E-state index contributed by atoms with van der Waals surface area (Å²) in [7, 11) is 0. The molecule has 3 aromatic rings. The van der Waals surface area contributed by atoms with Crippen molar-refractivity contribution in [3.63, 3.8) is 0 Å². The summed E-state index contributed by atoms with van der Waals surface area (Å²) in [6.07, 6.45) is 0.567. The molecule has 0 aliphatic heterocycles. The maximum Gasteiger partial charge on any atom is 0.338 e. The Bertz CT molecular complexity index is 1070. The number of hydrogen-bond donors (Lipinski definition) is 0. The van der Waals surface area contributed by atoms with Gasteiger partial charge in [0.1, 0.15) is 5.75 Å². The van der Waals surface area contributed by atoms with Gasteiger partial charge in [-0.1, -0.05) is 19.1 Å². The summed E-state index contributed by atoms with van der Waals surface area (Å²) < 4.78 is 39.4. The van der Waals surface area contributed by atoms with E-state index in [1.165, 1.54) is 12.8 Å². The Labute approximate surface area is 180 Å². The van der Waals surface area contributed by atoms with Crippen LogP contribution >= 0.6 is 0 Å². The molecule has 6 heteroatoms. The topological polar surface area (TPSA) is 40.5 Å². The van der Waals surface area contributed by atoms with Gasteiger partial charge in [-0.15, -0.1) is 0 Å². The zero-order valence-electron chi connectivity index (χ0n) is 17.9. The molecule has 1 aromatic heterocycles. The van der Waals surface area contributed by atoms with Crippen LogP contribution in [0.25, 0.3) is 22.0 Å². The highest BCUT2D eigenvalue weighted by atomic mass is 19.3. The van der Waals surface area contributed by atoms with Gasteiger partial charge >= 0.3 is 5.97 Å². The Morgan fingerprint density at radius 1 is 1.13 bits per heavy atom. The number of esters is 1. The number of aromatic nitrogens is 1. The van der Waals surface area contributed by atoms with Gasteiger partial charge in [-0.3, -0.25) is 0 Å². The molecule has 0 saturated heterocycles. The van der Waals surface area contributed by atoms with E-state index in [9.17, 15) is 13.6 Å². The van der Waals surface area contributed by atoms with E-state index in [1.807, 2.05) is 31.2 Å². The molecule has 1 heterocycles. The van der Waals surface area contributed by atoms with Crippen molar-refractivity contribution in [1.82, 2.24) is 4.57 Å². The molecular formula is C25H27F2NO3. The molecule has 4 nitrogen and oxygen atoms in total. The van der Waals surface area contributed by atoms with E-state index in [4.69, 9.17) is 9.47 Å². The fourth-order valence-corrected chi connectivity index (χ4v) is 4.00. The highest BCUT2D eigenvalue weighted by Gasteiger charge is 2.23. The van der Waals surface area contributed by atoms with Crippen molar-refractivity contribution in [3.8, 4) is 16.9 Å². The lowest BCUT2D eigenvalue weighted by Gasteiger charge is -2.11. The highest BCUT2D eigenvalue weighted by Crippen LogP contribution is 2.37. The Morgan fingerprint density at radius 3 is 2.48 bits per heavy atom. The van der Waals surface area contributed by atoms with Crippen LogP contribution in [0.15, 0.2) is 42.5 Å². The van der Waals surface area contributed by atoms with Crippen molar-refractivity contribution < 1.29 is 23.0 Å². The van der Waals surface area contributed by atoms with Crippen molar-refractivity contribution in [2.45, 2.75) is 46.1 Å². The van der Waals surface area contributed by atoms with Crippen LogP contribution in [0.2, 0.25) is 0 Å². The quantitative estimate of drug-likeness (QED) is 0.387. The molecule has 1 saturated carbocycles. The van der Waals surface area contributed by atoms with Crippen molar-refractivity contribution in [2.24, 2.45) is 5.92 Å². The first-order chi connectivity index (χ1) is 15.0. The zero-order chi connectivity index (χ0) is 22.0. The van der Waals surface area contributed by atoms with Gasteiger partial charge in [-0.2, -0.15) is 0 Å². The summed E-state index contributed by atoms with van der Waals surface area (Å²) in [6.45, 7) is 4.33. The number of carbonyl (C=O) groups is 1. The molecule has 0 atom stereocenters. The third kappa shape index (κ3) is 4.58. The third-order valence-electron chi connectivity index (χ3n) is 5.66. The number of alkyl halides is 2. The second-order valence-electron chi connectivity index (χ2n) is 7.91. The number of hydrogen-bond acceptors (Lipinski definition) is 3. The minimum Gasteiger partial charge on any atom is -0.493 e. The Kier molecular flexibility index (Phi) is 6.25. The number of rotatable bonds is 9. The second-order valence-corrected chi connectivity index (χ2v) is 7.91. The minimum atomic E-state index is -2.48. The van der Waals surface area contributed by atoms with E-state index in [0.29, 0.717) is 23.4 Å². The Morgan fingerprint density at radius 2 is 1.87 bits per heavy atom. The van der Waals surface area contributed by atoms with Gasteiger partial charge < -0.3 is 14.0 Å². The van der Waals surface area contributed by atoms with Gasteiger partial charge in [0.2, 0.25) is 0 Å². The number of halogens is 2. The number of carbonyl (C=O) groups excluding carboxylic acids is 1. The monoisotopic (exact) mass is 427 g/mol. The van der Waals surface area contributed by atoms with Crippen molar-refractivity contribution in [3.05, 3.63) is 53.7 Å². The van der Waals surface area contributed by atoms with E-state index in [-0.39, 0.29) is 13.2 Å².